The average Bonchev–Trinajstić information content (AvgIpc) is 2.80. The lowest BCUT2D eigenvalue weighted by molar-refractivity contribution is -0.145. The first-order chi connectivity index (χ1) is 9.02. The molecule has 5 heteroatoms. The van der Waals surface area contributed by atoms with E-state index in [1.54, 1.807) is 24.3 Å². The molecule has 19 heavy (non-hydrogen) atoms. The number of nitrogens with zero attached hydrogens (tertiary/aromatic N) is 1. The first-order valence-corrected chi connectivity index (χ1v) is 6.02. The van der Waals surface area contributed by atoms with Crippen molar-refractivity contribution in [3.05, 3.63) is 29.8 Å². The molecule has 1 aromatic carbocycles. The van der Waals surface area contributed by atoms with Gasteiger partial charge in [-0.2, -0.15) is 0 Å². The number of benzene rings is 1. The van der Waals surface area contributed by atoms with E-state index in [9.17, 15) is 14.4 Å². The highest BCUT2D eigenvalue weighted by molar-refractivity contribution is 6.01. The minimum Gasteiger partial charge on any atom is -0.469 e. The number of ketones is 1. The van der Waals surface area contributed by atoms with Crippen LogP contribution in [0.15, 0.2) is 24.3 Å². The molecule has 0 bridgehead atoms. The van der Waals surface area contributed by atoms with Crippen molar-refractivity contribution in [2.45, 2.75) is 13.3 Å². The third kappa shape index (κ3) is 2.65. The molecule has 0 spiro atoms. The summed E-state index contributed by atoms with van der Waals surface area (Å²) in [5.41, 5.74) is 1.19. The van der Waals surface area contributed by atoms with Crippen LogP contribution in [-0.4, -0.2) is 31.3 Å². The summed E-state index contributed by atoms with van der Waals surface area (Å²) >= 11 is 0. The molecule has 1 heterocycles. The fraction of sp³-hybridized carbons (Fsp3) is 0.357. The summed E-state index contributed by atoms with van der Waals surface area (Å²) in [6.45, 7) is 1.77. The molecule has 0 aliphatic carbocycles. The van der Waals surface area contributed by atoms with Gasteiger partial charge in [0, 0.05) is 24.2 Å². The SMILES string of the molecule is COC(=O)C1CC(=O)N(c2cccc(C(C)=O)c2)C1. The lowest BCUT2D eigenvalue weighted by Gasteiger charge is -2.16. The average molecular weight is 261 g/mol. The van der Waals surface area contributed by atoms with Gasteiger partial charge in [0.15, 0.2) is 5.78 Å². The van der Waals surface area contributed by atoms with Gasteiger partial charge in [0.1, 0.15) is 0 Å². The van der Waals surface area contributed by atoms with Crippen LogP contribution in [0.1, 0.15) is 23.7 Å². The van der Waals surface area contributed by atoms with Gasteiger partial charge in [0.2, 0.25) is 5.91 Å². The molecule has 1 amide bonds. The Morgan fingerprint density at radius 3 is 2.74 bits per heavy atom. The van der Waals surface area contributed by atoms with Crippen LogP contribution in [0.5, 0.6) is 0 Å². The summed E-state index contributed by atoms with van der Waals surface area (Å²) in [5, 5.41) is 0. The van der Waals surface area contributed by atoms with E-state index >= 15 is 0 Å². The highest BCUT2D eigenvalue weighted by Gasteiger charge is 2.35. The molecule has 0 N–H and O–H groups in total. The first-order valence-electron chi connectivity index (χ1n) is 6.02. The summed E-state index contributed by atoms with van der Waals surface area (Å²) in [5.74, 6) is -0.994. The largest absolute Gasteiger partial charge is 0.469 e. The summed E-state index contributed by atoms with van der Waals surface area (Å²) < 4.78 is 4.66. The van der Waals surface area contributed by atoms with Crippen molar-refractivity contribution >= 4 is 23.3 Å². The predicted molar refractivity (Wildman–Crippen MR) is 68.9 cm³/mol. The number of Topliss-reactive ketones (excluding diaryl/α,β-unsaturated/α-hetero) is 1. The molecule has 2 rings (SSSR count). The first kappa shape index (κ1) is 13.3. The smallest absolute Gasteiger partial charge is 0.311 e. The Morgan fingerprint density at radius 1 is 1.37 bits per heavy atom. The molecule has 5 nitrogen and oxygen atoms in total. The quantitative estimate of drug-likeness (QED) is 0.609. The van der Waals surface area contributed by atoms with Crippen molar-refractivity contribution in [3.8, 4) is 0 Å². The molecule has 100 valence electrons. The Labute approximate surface area is 111 Å². The van der Waals surface area contributed by atoms with E-state index in [-0.39, 0.29) is 24.1 Å². The van der Waals surface area contributed by atoms with E-state index in [4.69, 9.17) is 0 Å². The van der Waals surface area contributed by atoms with Crippen LogP contribution in [0.4, 0.5) is 5.69 Å². The Bertz CT molecular complexity index is 538. The van der Waals surface area contributed by atoms with Gasteiger partial charge in [-0.3, -0.25) is 14.4 Å². The van der Waals surface area contributed by atoms with Gasteiger partial charge < -0.3 is 9.64 Å². The number of carbonyl (C=O) groups excluding carboxylic acids is 3. The van der Waals surface area contributed by atoms with Gasteiger partial charge >= 0.3 is 5.97 Å². The van der Waals surface area contributed by atoms with Crippen molar-refractivity contribution in [1.29, 1.82) is 0 Å². The summed E-state index contributed by atoms with van der Waals surface area (Å²) in [4.78, 5) is 36.2. The van der Waals surface area contributed by atoms with Crippen LogP contribution < -0.4 is 4.90 Å². The summed E-state index contributed by atoms with van der Waals surface area (Å²) in [6.07, 6.45) is 0.150. The van der Waals surface area contributed by atoms with E-state index in [1.165, 1.54) is 18.9 Å². The molecule has 0 aromatic heterocycles. The van der Waals surface area contributed by atoms with Gasteiger partial charge in [-0.05, 0) is 19.1 Å². The van der Waals surface area contributed by atoms with Gasteiger partial charge in [-0.1, -0.05) is 12.1 Å². The number of amides is 1. The zero-order chi connectivity index (χ0) is 14.0. The second kappa shape index (κ2) is 5.22. The molecule has 1 fully saturated rings. The number of anilines is 1. The fourth-order valence-electron chi connectivity index (χ4n) is 2.17. The maximum atomic E-state index is 11.9. The third-order valence-corrected chi connectivity index (χ3v) is 3.22. The van der Waals surface area contributed by atoms with Crippen LogP contribution in [0, 0.1) is 5.92 Å². The Morgan fingerprint density at radius 2 is 2.11 bits per heavy atom. The number of rotatable bonds is 3. The molecule has 0 saturated carbocycles. The van der Waals surface area contributed by atoms with E-state index < -0.39 is 5.92 Å². The highest BCUT2D eigenvalue weighted by atomic mass is 16.5. The second-order valence-electron chi connectivity index (χ2n) is 4.54. The van der Waals surface area contributed by atoms with E-state index in [1.807, 2.05) is 0 Å². The topological polar surface area (TPSA) is 63.7 Å². The molecule has 1 aliphatic rings. The molecule has 1 aromatic rings. The number of methoxy groups -OCH3 is 1. The van der Waals surface area contributed by atoms with Gasteiger partial charge in [0.25, 0.3) is 0 Å². The van der Waals surface area contributed by atoms with Crippen LogP contribution in [0.3, 0.4) is 0 Å². The highest BCUT2D eigenvalue weighted by Crippen LogP contribution is 2.26. The van der Waals surface area contributed by atoms with E-state index in [0.29, 0.717) is 17.8 Å². The number of esters is 1. The monoisotopic (exact) mass is 261 g/mol. The minimum atomic E-state index is -0.432. The van der Waals surface area contributed by atoms with Crippen molar-refractivity contribution in [2.24, 2.45) is 5.92 Å². The Hall–Kier alpha value is -2.17. The third-order valence-electron chi connectivity index (χ3n) is 3.22. The molecule has 1 unspecified atom stereocenters. The molecular formula is C14H15NO4. The van der Waals surface area contributed by atoms with Crippen LogP contribution in [0.2, 0.25) is 0 Å². The molecule has 1 aliphatic heterocycles. The number of hydrogen-bond donors (Lipinski definition) is 0. The van der Waals surface area contributed by atoms with Crippen molar-refractivity contribution in [2.75, 3.05) is 18.6 Å². The molecule has 1 saturated heterocycles. The van der Waals surface area contributed by atoms with Crippen molar-refractivity contribution in [1.82, 2.24) is 0 Å². The lowest BCUT2D eigenvalue weighted by atomic mass is 10.1. The normalized spacial score (nSPS) is 18.5. The van der Waals surface area contributed by atoms with E-state index in [2.05, 4.69) is 4.74 Å². The van der Waals surface area contributed by atoms with Crippen LogP contribution in [0.25, 0.3) is 0 Å². The van der Waals surface area contributed by atoms with Crippen molar-refractivity contribution < 1.29 is 19.1 Å². The number of ether oxygens (including phenoxy) is 1. The van der Waals surface area contributed by atoms with Crippen LogP contribution >= 0.6 is 0 Å². The van der Waals surface area contributed by atoms with Gasteiger partial charge in [0.05, 0.1) is 13.0 Å². The zero-order valence-electron chi connectivity index (χ0n) is 10.9. The fourth-order valence-corrected chi connectivity index (χ4v) is 2.17. The predicted octanol–water partition coefficient (Wildman–Crippen LogP) is 1.42. The minimum absolute atomic E-state index is 0.0574. The maximum absolute atomic E-state index is 11.9. The molecule has 0 radical (unpaired) electrons. The summed E-state index contributed by atoms with van der Waals surface area (Å²) in [6, 6.07) is 6.85. The van der Waals surface area contributed by atoms with Gasteiger partial charge in [-0.25, -0.2) is 0 Å². The van der Waals surface area contributed by atoms with Crippen molar-refractivity contribution in [3.63, 3.8) is 0 Å². The summed E-state index contributed by atoms with van der Waals surface area (Å²) in [7, 11) is 1.31. The number of hydrogen-bond acceptors (Lipinski definition) is 4. The Kier molecular flexibility index (Phi) is 3.64. The van der Waals surface area contributed by atoms with E-state index in [0.717, 1.165) is 0 Å². The molecule has 1 atom stereocenters. The second-order valence-corrected chi connectivity index (χ2v) is 4.54. The van der Waals surface area contributed by atoms with Gasteiger partial charge in [-0.15, -0.1) is 0 Å². The lowest BCUT2D eigenvalue weighted by Crippen LogP contribution is -2.26. The van der Waals surface area contributed by atoms with Crippen LogP contribution in [-0.2, 0) is 14.3 Å². The zero-order valence-corrected chi connectivity index (χ0v) is 10.9. The number of carbonyl (C=O) groups is 3. The maximum Gasteiger partial charge on any atom is 0.311 e. The standard InChI is InChI=1S/C14H15NO4/c1-9(16)10-4-3-5-12(6-10)15-8-11(7-13(15)17)14(18)19-2/h3-6,11H,7-8H2,1-2H3. The Balaban J connectivity index is 2.23. The molecular weight excluding hydrogens is 246 g/mol.